The van der Waals surface area contributed by atoms with E-state index < -0.39 is 83.9 Å². The Hall–Kier alpha value is 1.21. The van der Waals surface area contributed by atoms with E-state index in [0.717, 1.165) is 0 Å². The van der Waals surface area contributed by atoms with Crippen molar-refractivity contribution in [1.29, 1.82) is 0 Å². The van der Waals surface area contributed by atoms with Gasteiger partial charge in [-0.1, -0.05) is 150 Å². The second-order valence-electron chi connectivity index (χ2n) is 26.5. The molecule has 0 spiro atoms. The second-order valence-corrected chi connectivity index (χ2v) is 74.7. The summed E-state index contributed by atoms with van der Waals surface area (Å²) in [6.07, 6.45) is 0. The van der Waals surface area contributed by atoms with Crippen molar-refractivity contribution in [3.05, 3.63) is 24.6 Å². The molecule has 0 aliphatic rings. The monoisotopic (exact) mass is 1090 g/mol. The van der Waals surface area contributed by atoms with E-state index in [1.807, 2.05) is 0 Å². The van der Waals surface area contributed by atoms with Crippen LogP contribution >= 0.6 is 0 Å². The summed E-state index contributed by atoms with van der Waals surface area (Å²) in [6, 6.07) is 0. The van der Waals surface area contributed by atoms with E-state index in [2.05, 4.69) is 338 Å². The molecule has 0 aromatic rings. The molecule has 0 saturated carbocycles. The molecule has 0 heterocycles. The summed E-state index contributed by atoms with van der Waals surface area (Å²) in [7, 11) is 22.8. The number of hydrogen-bond acceptors (Lipinski definition) is 11. The molecular formula is C44H127N11Si10. The van der Waals surface area contributed by atoms with Gasteiger partial charge < -0.3 is 49.7 Å². The molecule has 0 aliphatic heterocycles. The van der Waals surface area contributed by atoms with Gasteiger partial charge >= 0.3 is 0 Å². The highest BCUT2D eigenvalue weighted by molar-refractivity contribution is 7.03. The van der Waals surface area contributed by atoms with Gasteiger partial charge in [-0.25, -0.2) is 0 Å². The quantitative estimate of drug-likeness (QED) is 0.129. The Bertz CT molecular complexity index is 1110. The average molecular weight is 1090 g/mol. The van der Waals surface area contributed by atoms with E-state index >= 15 is 0 Å². The number of rotatable bonds is 18. The van der Waals surface area contributed by atoms with Crippen LogP contribution in [0.4, 0.5) is 0 Å². The topological polar surface area (TPSA) is 53.2 Å². The minimum absolute atomic E-state index is 0.687. The van der Waals surface area contributed by atoms with E-state index in [1.54, 1.807) is 0 Å². The fraction of sp³-hybridized carbons (Fsp3) is 0.909. The minimum Gasteiger partial charge on any atom is -0.369 e. The molecule has 2 N–H and O–H groups in total. The third-order valence-electron chi connectivity index (χ3n) is 10.8. The van der Waals surface area contributed by atoms with Crippen molar-refractivity contribution in [3.63, 3.8) is 0 Å². The lowest BCUT2D eigenvalue weighted by Crippen LogP contribution is -2.71. The molecule has 0 amide bonds. The van der Waals surface area contributed by atoms with Crippen molar-refractivity contribution < 1.29 is 0 Å². The maximum Gasteiger partial charge on any atom is 0.290 e. The third-order valence-corrected chi connectivity index (χ3v) is 52.7. The second kappa shape index (κ2) is 31.6. The van der Waals surface area contributed by atoms with Crippen molar-refractivity contribution in [3.8, 4) is 0 Å². The Labute approximate surface area is 425 Å². The summed E-state index contributed by atoms with van der Waals surface area (Å²) in [4.78, 5) is 0. The molecule has 0 fully saturated rings. The van der Waals surface area contributed by atoms with Crippen molar-refractivity contribution in [2.24, 2.45) is 0 Å². The molecule has 0 aromatic heterocycles. The van der Waals surface area contributed by atoms with Crippen LogP contribution in [-0.4, -0.2) is 237 Å². The molecule has 0 radical (unpaired) electrons. The smallest absolute Gasteiger partial charge is 0.290 e. The SMILES string of the molecule is C=C[Si](C)(C)N[Si](C)(C)C=C.CC(C)[Si](N(C)C)(N(C)C)N(C)C.CN(C)[SiH](N(C)C)N(C)C.CN(C)[Si](C)(C)N(C)C.C[Si](C)(C)N([Si](C)(C)C)[Si](C)(C)C.C[Si](C)(C)N[Si](C)(C)C. The maximum absolute atomic E-state index is 3.84. The minimum atomic E-state index is -1.60. The van der Waals surface area contributed by atoms with Gasteiger partial charge in [0.25, 0.3) is 17.8 Å². The molecule has 11 nitrogen and oxygen atoms in total. The van der Waals surface area contributed by atoms with Crippen LogP contribution in [-0.2, 0) is 0 Å². The van der Waals surface area contributed by atoms with Crippen molar-refractivity contribution in [2.75, 3.05) is 113 Å². The molecule has 0 aliphatic carbocycles. The highest BCUT2D eigenvalue weighted by Gasteiger charge is 2.45. The van der Waals surface area contributed by atoms with Crippen LogP contribution in [0.5, 0.6) is 0 Å². The van der Waals surface area contributed by atoms with Gasteiger partial charge in [-0.05, 0) is 131 Å². The summed E-state index contributed by atoms with van der Waals surface area (Å²) in [5.74, 6) is 0. The molecule has 0 unspecified atom stereocenters. The predicted molar refractivity (Wildman–Crippen MR) is 335 cm³/mol. The van der Waals surface area contributed by atoms with E-state index in [1.165, 1.54) is 0 Å². The van der Waals surface area contributed by atoms with Crippen LogP contribution < -0.4 is 9.30 Å². The van der Waals surface area contributed by atoms with Crippen LogP contribution in [0.25, 0.3) is 0 Å². The summed E-state index contributed by atoms with van der Waals surface area (Å²) in [6.45, 7) is 62.5. The average Bonchev–Trinajstić information content (AvgIpc) is 2.96. The fourth-order valence-corrected chi connectivity index (χ4v) is 59.3. The van der Waals surface area contributed by atoms with Gasteiger partial charge in [0.05, 0.1) is 0 Å². The summed E-state index contributed by atoms with van der Waals surface area (Å²) >= 11 is 0. The first-order valence-corrected chi connectivity index (χ1v) is 53.9. The largest absolute Gasteiger partial charge is 0.369 e. The van der Waals surface area contributed by atoms with Crippen LogP contribution in [0.2, 0.25) is 143 Å². The zero-order valence-electron chi connectivity index (χ0n) is 52.2. The first kappa shape index (κ1) is 77.7. The van der Waals surface area contributed by atoms with Gasteiger partial charge in [-0.3, -0.25) is 0 Å². The first-order valence-electron chi connectivity index (χ1n) is 24.1. The first-order chi connectivity index (χ1) is 28.0. The fourth-order valence-electron chi connectivity index (χ4n) is 9.61. The molecule has 0 atom stereocenters. The van der Waals surface area contributed by atoms with Crippen LogP contribution in [0.15, 0.2) is 24.6 Å². The zero-order valence-corrected chi connectivity index (χ0v) is 62.4. The van der Waals surface area contributed by atoms with E-state index in [4.69, 9.17) is 0 Å². The highest BCUT2D eigenvalue weighted by Crippen LogP contribution is 2.27. The molecule has 0 rings (SSSR count). The molecule has 0 bridgehead atoms. The summed E-state index contributed by atoms with van der Waals surface area (Å²) < 4.78 is 29.2. The Morgan fingerprint density at radius 3 is 0.615 bits per heavy atom. The zero-order chi connectivity index (χ0) is 54.7. The van der Waals surface area contributed by atoms with E-state index in [0.29, 0.717) is 5.54 Å². The van der Waals surface area contributed by atoms with Gasteiger partial charge in [-0.2, -0.15) is 0 Å². The van der Waals surface area contributed by atoms with Gasteiger partial charge in [0.1, 0.15) is 57.6 Å². The molecule has 0 aromatic carbocycles. The molecule has 21 heteroatoms. The van der Waals surface area contributed by atoms with Gasteiger partial charge in [0, 0.05) is 0 Å². The summed E-state index contributed by atoms with van der Waals surface area (Å²) in [5, 5.41) is 0. The lowest BCUT2D eigenvalue weighted by molar-refractivity contribution is 0.362. The Morgan fingerprint density at radius 1 is 0.369 bits per heavy atom. The number of nitrogens with zero attached hydrogens (tertiary/aromatic N) is 9. The third kappa shape index (κ3) is 35.9. The van der Waals surface area contributed by atoms with Crippen LogP contribution in [0.1, 0.15) is 13.8 Å². The number of nitrogens with one attached hydrogen (secondary N) is 2. The van der Waals surface area contributed by atoms with E-state index in [9.17, 15) is 0 Å². The maximum atomic E-state index is 3.84. The predicted octanol–water partition coefficient (Wildman–Crippen LogP) is 9.70. The number of hydrogen-bond donors (Lipinski definition) is 2. The lowest BCUT2D eigenvalue weighted by atomic mass is 10.6. The summed E-state index contributed by atoms with van der Waals surface area (Å²) in [5.41, 5.74) is 4.84. The Morgan fingerprint density at radius 2 is 0.585 bits per heavy atom. The van der Waals surface area contributed by atoms with Gasteiger partial charge in [0.2, 0.25) is 0 Å². The molecule has 65 heavy (non-hydrogen) atoms. The molecule has 0 saturated heterocycles. The van der Waals surface area contributed by atoms with Crippen LogP contribution in [0, 0.1) is 0 Å². The van der Waals surface area contributed by atoms with Crippen LogP contribution in [0.3, 0.4) is 0 Å². The highest BCUT2D eigenvalue weighted by atomic mass is 28.5. The molecular weight excluding hydrogens is 963 g/mol. The van der Waals surface area contributed by atoms with Crippen molar-refractivity contribution in [1.82, 2.24) is 49.7 Å². The lowest BCUT2D eigenvalue weighted by Gasteiger charge is -2.51. The normalized spacial score (nSPS) is 13.7. The van der Waals surface area contributed by atoms with Gasteiger partial charge in [-0.15, -0.1) is 13.2 Å². The van der Waals surface area contributed by atoms with Crippen molar-refractivity contribution in [2.45, 2.75) is 157 Å². The van der Waals surface area contributed by atoms with E-state index in [-0.39, 0.29) is 0 Å². The standard InChI is InChI=1S/C9H25N3Si.C9H27NSi3.C8H19NSi2.C6H19N3Si.C6H18N2Si.C6H19NSi2/c1-9(2)13(10(3)4,11(5)6)12(7)8;1-11(2,3)10(12(4,5)6)13(7,8)9;1-7-10(3,4)9-11(5,6)8-2;1-7(2)10(8(3)4)9(5)6;1-7(2)9(5,6)8(3)4;1-8(2,3)7-9(4,5)6/h9H,1-8H3;1-9H3;7-9H,1-2H2,3-6H3;10H,1-6H3;1-6H3;7H,1-6H3. The Kier molecular flexibility index (Phi) is 37.8. The van der Waals surface area contributed by atoms with Crippen molar-refractivity contribution >= 4 is 83.9 Å². The molecule has 398 valence electrons. The van der Waals surface area contributed by atoms with Gasteiger partial charge in [0.15, 0.2) is 8.40 Å². The Balaban J connectivity index is -0.000000162.